The molecular formula is C18H17NO3. The van der Waals surface area contributed by atoms with Crippen LogP contribution in [0.15, 0.2) is 42.5 Å². The summed E-state index contributed by atoms with van der Waals surface area (Å²) in [6, 6.07) is 11.9. The Morgan fingerprint density at radius 1 is 0.955 bits per heavy atom. The van der Waals surface area contributed by atoms with Gasteiger partial charge in [-0.05, 0) is 12.5 Å². The molecule has 1 aliphatic carbocycles. The summed E-state index contributed by atoms with van der Waals surface area (Å²) in [5.74, 6) is -0.285. The van der Waals surface area contributed by atoms with E-state index >= 15 is 0 Å². The molecule has 3 rings (SSSR count). The zero-order chi connectivity index (χ0) is 15.7. The molecule has 0 bridgehead atoms. The molecule has 112 valence electrons. The van der Waals surface area contributed by atoms with Gasteiger partial charge in [0, 0.05) is 28.4 Å². The van der Waals surface area contributed by atoms with Crippen molar-refractivity contribution in [2.75, 3.05) is 11.9 Å². The molecule has 4 nitrogen and oxygen atoms in total. The van der Waals surface area contributed by atoms with Gasteiger partial charge < -0.3 is 10.4 Å². The van der Waals surface area contributed by atoms with Crippen LogP contribution in [0.3, 0.4) is 0 Å². The second-order valence-corrected chi connectivity index (χ2v) is 5.36. The smallest absolute Gasteiger partial charge is 0.196 e. The number of carbonyl (C=O) groups excluding carboxylic acids is 2. The van der Waals surface area contributed by atoms with E-state index in [2.05, 4.69) is 5.32 Å². The summed E-state index contributed by atoms with van der Waals surface area (Å²) in [5.41, 5.74) is 2.31. The molecule has 2 aromatic carbocycles. The van der Waals surface area contributed by atoms with Crippen molar-refractivity contribution in [3.8, 4) is 0 Å². The number of ketones is 2. The number of rotatable bonds is 4. The van der Waals surface area contributed by atoms with Crippen molar-refractivity contribution in [3.63, 3.8) is 0 Å². The molecule has 0 radical (unpaired) electrons. The Morgan fingerprint density at radius 3 is 2.23 bits per heavy atom. The monoisotopic (exact) mass is 295 g/mol. The third kappa shape index (κ3) is 2.22. The van der Waals surface area contributed by atoms with E-state index in [-0.39, 0.29) is 24.2 Å². The van der Waals surface area contributed by atoms with Crippen LogP contribution in [0.25, 0.3) is 0 Å². The lowest BCUT2D eigenvalue weighted by Gasteiger charge is -2.23. The third-order valence-corrected chi connectivity index (χ3v) is 4.03. The number of fused-ring (bicyclic) bond motifs is 2. The summed E-state index contributed by atoms with van der Waals surface area (Å²) in [5, 5.41) is 12.5. The van der Waals surface area contributed by atoms with Gasteiger partial charge in [0.15, 0.2) is 11.6 Å². The van der Waals surface area contributed by atoms with Crippen LogP contribution in [-0.4, -0.2) is 29.3 Å². The van der Waals surface area contributed by atoms with E-state index in [1.165, 1.54) is 0 Å². The third-order valence-electron chi connectivity index (χ3n) is 4.03. The number of hydrogen-bond acceptors (Lipinski definition) is 4. The summed E-state index contributed by atoms with van der Waals surface area (Å²) in [7, 11) is 0. The summed E-state index contributed by atoms with van der Waals surface area (Å²) in [6.45, 7) is 1.92. The summed E-state index contributed by atoms with van der Waals surface area (Å²) < 4.78 is 0. The highest BCUT2D eigenvalue weighted by atomic mass is 16.3. The van der Waals surface area contributed by atoms with Crippen molar-refractivity contribution >= 4 is 17.3 Å². The van der Waals surface area contributed by atoms with Gasteiger partial charge in [-0.25, -0.2) is 0 Å². The molecule has 0 saturated carbocycles. The van der Waals surface area contributed by atoms with E-state index in [9.17, 15) is 14.7 Å². The van der Waals surface area contributed by atoms with Gasteiger partial charge in [-0.3, -0.25) is 9.59 Å². The number of nitrogens with one attached hydrogen (secondary N) is 1. The van der Waals surface area contributed by atoms with Crippen LogP contribution in [0.1, 0.15) is 45.2 Å². The fraction of sp³-hybridized carbons (Fsp3) is 0.222. The van der Waals surface area contributed by atoms with Crippen LogP contribution >= 0.6 is 0 Å². The van der Waals surface area contributed by atoms with Gasteiger partial charge in [-0.1, -0.05) is 43.3 Å². The van der Waals surface area contributed by atoms with E-state index in [1.54, 1.807) is 42.5 Å². The van der Waals surface area contributed by atoms with E-state index in [0.717, 1.165) is 6.42 Å². The molecule has 0 saturated heterocycles. The number of aliphatic hydroxyl groups is 1. The van der Waals surface area contributed by atoms with Crippen LogP contribution in [-0.2, 0) is 0 Å². The van der Waals surface area contributed by atoms with Gasteiger partial charge in [0.1, 0.15) is 0 Å². The van der Waals surface area contributed by atoms with Crippen molar-refractivity contribution in [1.29, 1.82) is 0 Å². The molecule has 0 heterocycles. The SMILES string of the molecule is CC[C@H](CO)Nc1cccc2c1C(=O)c1ccccc1C2=O. The van der Waals surface area contributed by atoms with Crippen LogP contribution in [0.2, 0.25) is 0 Å². The van der Waals surface area contributed by atoms with E-state index in [0.29, 0.717) is 27.9 Å². The normalized spacial score (nSPS) is 14.3. The van der Waals surface area contributed by atoms with Gasteiger partial charge >= 0.3 is 0 Å². The van der Waals surface area contributed by atoms with Crippen molar-refractivity contribution in [2.45, 2.75) is 19.4 Å². The summed E-state index contributed by atoms with van der Waals surface area (Å²) in [6.07, 6.45) is 0.721. The van der Waals surface area contributed by atoms with E-state index in [4.69, 9.17) is 0 Å². The first-order chi connectivity index (χ1) is 10.7. The van der Waals surface area contributed by atoms with Gasteiger partial charge in [0.25, 0.3) is 0 Å². The average Bonchev–Trinajstić information content (AvgIpc) is 2.57. The standard InChI is InChI=1S/C18H17NO3/c1-2-11(10-20)19-15-9-5-8-14-16(15)18(22)13-7-4-3-6-12(13)17(14)21/h3-9,11,19-20H,2,10H2,1H3/t11-/m1/s1. The van der Waals surface area contributed by atoms with Crippen LogP contribution < -0.4 is 5.32 Å². The van der Waals surface area contributed by atoms with E-state index < -0.39 is 0 Å². The maximum absolute atomic E-state index is 12.8. The highest BCUT2D eigenvalue weighted by Gasteiger charge is 2.31. The predicted octanol–water partition coefficient (Wildman–Crippen LogP) is 2.64. The zero-order valence-electron chi connectivity index (χ0n) is 12.3. The molecular weight excluding hydrogens is 278 g/mol. The Bertz CT molecular complexity index is 748. The predicted molar refractivity (Wildman–Crippen MR) is 84.5 cm³/mol. The molecule has 4 heteroatoms. The Hall–Kier alpha value is -2.46. The number of hydrogen-bond donors (Lipinski definition) is 2. The van der Waals surface area contributed by atoms with Crippen molar-refractivity contribution in [3.05, 3.63) is 64.7 Å². The Balaban J connectivity index is 2.13. The fourth-order valence-electron chi connectivity index (χ4n) is 2.76. The van der Waals surface area contributed by atoms with Gasteiger partial charge in [-0.2, -0.15) is 0 Å². The maximum atomic E-state index is 12.8. The Morgan fingerprint density at radius 2 is 1.59 bits per heavy atom. The lowest BCUT2D eigenvalue weighted by atomic mass is 9.83. The molecule has 0 amide bonds. The molecule has 0 fully saturated rings. The number of anilines is 1. The number of aliphatic hydroxyl groups excluding tert-OH is 1. The van der Waals surface area contributed by atoms with Gasteiger partial charge in [0.05, 0.1) is 12.2 Å². The maximum Gasteiger partial charge on any atom is 0.196 e. The second-order valence-electron chi connectivity index (χ2n) is 5.36. The first kappa shape index (κ1) is 14.5. The van der Waals surface area contributed by atoms with E-state index in [1.807, 2.05) is 6.92 Å². The highest BCUT2D eigenvalue weighted by molar-refractivity contribution is 6.30. The molecule has 0 spiro atoms. The number of carbonyl (C=O) groups is 2. The fourth-order valence-corrected chi connectivity index (χ4v) is 2.76. The first-order valence-corrected chi connectivity index (χ1v) is 7.36. The minimum atomic E-state index is -0.152. The molecule has 0 unspecified atom stereocenters. The van der Waals surface area contributed by atoms with Crippen LogP contribution in [0, 0.1) is 0 Å². The largest absolute Gasteiger partial charge is 0.394 e. The Kier molecular flexibility index (Phi) is 3.77. The van der Waals surface area contributed by atoms with Crippen molar-refractivity contribution < 1.29 is 14.7 Å². The zero-order valence-corrected chi connectivity index (χ0v) is 12.3. The van der Waals surface area contributed by atoms with Crippen LogP contribution in [0.5, 0.6) is 0 Å². The van der Waals surface area contributed by atoms with Crippen molar-refractivity contribution in [1.82, 2.24) is 0 Å². The van der Waals surface area contributed by atoms with Gasteiger partial charge in [-0.15, -0.1) is 0 Å². The van der Waals surface area contributed by atoms with Gasteiger partial charge in [0.2, 0.25) is 0 Å². The minimum Gasteiger partial charge on any atom is -0.394 e. The minimum absolute atomic E-state index is 0.0289. The lowest BCUT2D eigenvalue weighted by Crippen LogP contribution is -2.27. The topological polar surface area (TPSA) is 66.4 Å². The lowest BCUT2D eigenvalue weighted by molar-refractivity contribution is 0.0979. The molecule has 2 N–H and O–H groups in total. The molecule has 2 aromatic rings. The van der Waals surface area contributed by atoms with Crippen molar-refractivity contribution in [2.24, 2.45) is 0 Å². The summed E-state index contributed by atoms with van der Waals surface area (Å²) >= 11 is 0. The second kappa shape index (κ2) is 5.73. The molecule has 1 atom stereocenters. The molecule has 1 aliphatic rings. The molecule has 22 heavy (non-hydrogen) atoms. The highest BCUT2D eigenvalue weighted by Crippen LogP contribution is 2.32. The van der Waals surface area contributed by atoms with Crippen LogP contribution in [0.4, 0.5) is 5.69 Å². The first-order valence-electron chi connectivity index (χ1n) is 7.36. The number of benzene rings is 2. The summed E-state index contributed by atoms with van der Waals surface area (Å²) in [4.78, 5) is 25.4. The molecule has 0 aromatic heterocycles. The Labute approximate surface area is 128 Å². The molecule has 0 aliphatic heterocycles. The quantitative estimate of drug-likeness (QED) is 0.776. The average molecular weight is 295 g/mol.